The summed E-state index contributed by atoms with van der Waals surface area (Å²) in [4.78, 5) is 11.3. The van der Waals surface area contributed by atoms with Gasteiger partial charge in [0.05, 0.1) is 6.04 Å². The molecule has 0 radical (unpaired) electrons. The summed E-state index contributed by atoms with van der Waals surface area (Å²) >= 11 is 0. The average molecular weight is 195 g/mol. The highest BCUT2D eigenvalue weighted by atomic mass is 16.4. The van der Waals surface area contributed by atoms with Crippen LogP contribution in [0.4, 0.5) is 10.7 Å². The van der Waals surface area contributed by atoms with Crippen LogP contribution >= 0.6 is 0 Å². The normalized spacial score (nSPS) is 16.1. The largest absolute Gasteiger partial charge is 0.446 e. The summed E-state index contributed by atoms with van der Waals surface area (Å²) in [6, 6.07) is 3.56. The fourth-order valence-corrected chi connectivity index (χ4v) is 1.23. The predicted octanol–water partition coefficient (Wildman–Crippen LogP) is 0.681. The molecule has 1 saturated heterocycles. The quantitative estimate of drug-likeness (QED) is 0.650. The van der Waals surface area contributed by atoms with Crippen LogP contribution in [0.25, 0.3) is 0 Å². The van der Waals surface area contributed by atoms with Crippen LogP contribution in [-0.2, 0) is 0 Å². The van der Waals surface area contributed by atoms with Gasteiger partial charge in [0.1, 0.15) is 5.76 Å². The van der Waals surface area contributed by atoms with Crippen LogP contribution in [0, 0.1) is 6.92 Å². The van der Waals surface area contributed by atoms with Crippen LogP contribution < -0.4 is 16.0 Å². The Labute approximate surface area is 81.9 Å². The van der Waals surface area contributed by atoms with Gasteiger partial charge in [0.2, 0.25) is 5.88 Å². The van der Waals surface area contributed by atoms with E-state index < -0.39 is 0 Å². The van der Waals surface area contributed by atoms with Crippen molar-refractivity contribution in [3.05, 3.63) is 17.9 Å². The first-order valence-electron chi connectivity index (χ1n) is 4.59. The molecule has 0 aromatic carbocycles. The third-order valence-electron chi connectivity index (χ3n) is 2.09. The van der Waals surface area contributed by atoms with Crippen molar-refractivity contribution in [3.63, 3.8) is 0 Å². The van der Waals surface area contributed by atoms with Gasteiger partial charge < -0.3 is 15.1 Å². The zero-order valence-electron chi connectivity index (χ0n) is 7.96. The second-order valence-electron chi connectivity index (χ2n) is 3.36. The van der Waals surface area contributed by atoms with Crippen molar-refractivity contribution in [3.8, 4) is 0 Å². The average Bonchev–Trinajstić information content (AvgIpc) is 2.44. The lowest BCUT2D eigenvalue weighted by atomic mass is 10.2. The zero-order chi connectivity index (χ0) is 9.97. The van der Waals surface area contributed by atoms with Gasteiger partial charge in [-0.1, -0.05) is 0 Å². The van der Waals surface area contributed by atoms with Gasteiger partial charge in [-0.2, -0.15) is 0 Å². The van der Waals surface area contributed by atoms with Crippen LogP contribution in [-0.4, -0.2) is 25.2 Å². The Kier molecular flexibility index (Phi) is 2.41. The van der Waals surface area contributed by atoms with Gasteiger partial charge in [0, 0.05) is 19.2 Å². The lowest BCUT2D eigenvalue weighted by Crippen LogP contribution is -2.57. The maximum Gasteiger partial charge on any atom is 0.321 e. The van der Waals surface area contributed by atoms with E-state index in [0.717, 1.165) is 18.8 Å². The molecule has 5 nitrogen and oxygen atoms in total. The number of aryl methyl sites for hydroxylation is 1. The first-order chi connectivity index (χ1) is 6.74. The van der Waals surface area contributed by atoms with E-state index in [1.54, 1.807) is 12.1 Å². The Morgan fingerprint density at radius 1 is 1.57 bits per heavy atom. The Balaban J connectivity index is 1.81. The number of hydrogen-bond acceptors (Lipinski definition) is 3. The van der Waals surface area contributed by atoms with Crippen molar-refractivity contribution >= 4 is 11.9 Å². The third kappa shape index (κ3) is 2.05. The van der Waals surface area contributed by atoms with Gasteiger partial charge in [0.15, 0.2) is 0 Å². The summed E-state index contributed by atoms with van der Waals surface area (Å²) in [7, 11) is 0. The molecule has 1 aliphatic rings. The molecule has 0 aliphatic carbocycles. The second-order valence-corrected chi connectivity index (χ2v) is 3.36. The molecule has 0 atom stereocenters. The number of carbonyl (C=O) groups excluding carboxylic acids is 1. The smallest absolute Gasteiger partial charge is 0.321 e. The van der Waals surface area contributed by atoms with Gasteiger partial charge in [0.25, 0.3) is 0 Å². The molecule has 3 N–H and O–H groups in total. The van der Waals surface area contributed by atoms with Gasteiger partial charge >= 0.3 is 6.03 Å². The summed E-state index contributed by atoms with van der Waals surface area (Å²) in [5.74, 6) is 1.26. The molecule has 76 valence electrons. The number of rotatable bonds is 2. The molecular formula is C9H13N3O2. The lowest BCUT2D eigenvalue weighted by Gasteiger charge is -2.27. The minimum atomic E-state index is -0.217. The summed E-state index contributed by atoms with van der Waals surface area (Å²) < 4.78 is 5.20. The second kappa shape index (κ2) is 3.71. The molecule has 1 aromatic rings. The molecule has 14 heavy (non-hydrogen) atoms. The van der Waals surface area contributed by atoms with E-state index in [4.69, 9.17) is 4.42 Å². The Morgan fingerprint density at radius 2 is 2.36 bits per heavy atom. The molecular weight excluding hydrogens is 182 g/mol. The van der Waals surface area contributed by atoms with Gasteiger partial charge in [-0.05, 0) is 13.0 Å². The van der Waals surface area contributed by atoms with Gasteiger partial charge in [-0.15, -0.1) is 0 Å². The minimum absolute atomic E-state index is 0.217. The van der Waals surface area contributed by atoms with E-state index in [2.05, 4.69) is 16.0 Å². The third-order valence-corrected chi connectivity index (χ3v) is 2.09. The minimum Gasteiger partial charge on any atom is -0.446 e. The van der Waals surface area contributed by atoms with E-state index in [9.17, 15) is 4.79 Å². The number of nitrogens with one attached hydrogen (secondary N) is 3. The molecule has 0 saturated carbocycles. The molecule has 2 heterocycles. The molecule has 1 aromatic heterocycles. The SMILES string of the molecule is Cc1ccc(NC(=O)NC2CNC2)o1. The first kappa shape index (κ1) is 9.08. The first-order valence-corrected chi connectivity index (χ1v) is 4.59. The zero-order valence-corrected chi connectivity index (χ0v) is 7.96. The fourth-order valence-electron chi connectivity index (χ4n) is 1.23. The molecule has 2 rings (SSSR count). The van der Waals surface area contributed by atoms with E-state index in [0.29, 0.717) is 5.88 Å². The highest BCUT2D eigenvalue weighted by molar-refractivity contribution is 5.88. The molecule has 2 amide bonds. The summed E-state index contributed by atoms with van der Waals surface area (Å²) in [5.41, 5.74) is 0. The van der Waals surface area contributed by atoms with Crippen molar-refractivity contribution in [1.29, 1.82) is 0 Å². The number of anilines is 1. The monoisotopic (exact) mass is 195 g/mol. The summed E-state index contributed by atoms with van der Waals surface area (Å²) in [6.07, 6.45) is 0. The standard InChI is InChI=1S/C9H13N3O2/c1-6-2-3-8(14-6)12-9(13)11-7-4-10-5-7/h2-3,7,10H,4-5H2,1H3,(H2,11,12,13). The number of furan rings is 1. The highest BCUT2D eigenvalue weighted by Crippen LogP contribution is 2.11. The van der Waals surface area contributed by atoms with Gasteiger partial charge in [-0.3, -0.25) is 5.32 Å². The molecule has 1 aliphatic heterocycles. The van der Waals surface area contributed by atoms with Gasteiger partial charge in [-0.25, -0.2) is 4.79 Å². The number of urea groups is 1. The van der Waals surface area contributed by atoms with E-state index in [-0.39, 0.29) is 12.1 Å². The van der Waals surface area contributed by atoms with Crippen molar-refractivity contribution in [2.75, 3.05) is 18.4 Å². The fraction of sp³-hybridized carbons (Fsp3) is 0.444. The highest BCUT2D eigenvalue weighted by Gasteiger charge is 2.18. The molecule has 0 unspecified atom stereocenters. The van der Waals surface area contributed by atoms with E-state index >= 15 is 0 Å². The van der Waals surface area contributed by atoms with Crippen LogP contribution in [0.2, 0.25) is 0 Å². The topological polar surface area (TPSA) is 66.3 Å². The molecule has 0 bridgehead atoms. The van der Waals surface area contributed by atoms with Crippen molar-refractivity contribution in [2.45, 2.75) is 13.0 Å². The number of amides is 2. The summed E-state index contributed by atoms with van der Waals surface area (Å²) in [6.45, 7) is 3.51. The van der Waals surface area contributed by atoms with Crippen molar-refractivity contribution < 1.29 is 9.21 Å². The Hall–Kier alpha value is -1.49. The molecule has 1 fully saturated rings. The molecule has 0 spiro atoms. The number of hydrogen-bond donors (Lipinski definition) is 3. The Bertz CT molecular complexity index is 331. The summed E-state index contributed by atoms with van der Waals surface area (Å²) in [5, 5.41) is 8.49. The van der Waals surface area contributed by atoms with Crippen molar-refractivity contribution in [1.82, 2.24) is 10.6 Å². The van der Waals surface area contributed by atoms with Crippen LogP contribution in [0.5, 0.6) is 0 Å². The lowest BCUT2D eigenvalue weighted by molar-refractivity contribution is 0.242. The van der Waals surface area contributed by atoms with E-state index in [1.807, 2.05) is 6.92 Å². The van der Waals surface area contributed by atoms with Crippen molar-refractivity contribution in [2.24, 2.45) is 0 Å². The van der Waals surface area contributed by atoms with Crippen LogP contribution in [0.1, 0.15) is 5.76 Å². The maximum atomic E-state index is 11.3. The molecule has 5 heteroatoms. The number of carbonyl (C=O) groups is 1. The maximum absolute atomic E-state index is 11.3. The predicted molar refractivity (Wildman–Crippen MR) is 52.3 cm³/mol. The van der Waals surface area contributed by atoms with Crippen LogP contribution in [0.15, 0.2) is 16.5 Å². The van der Waals surface area contributed by atoms with E-state index in [1.165, 1.54) is 0 Å². The van der Waals surface area contributed by atoms with Crippen LogP contribution in [0.3, 0.4) is 0 Å². The Morgan fingerprint density at radius 3 is 2.86 bits per heavy atom.